The molecular formula is C16H23FN2. The maximum atomic E-state index is 13.8. The third-order valence-corrected chi connectivity index (χ3v) is 4.74. The van der Waals surface area contributed by atoms with E-state index >= 15 is 0 Å². The SMILES string of the molecule is Cc1c(F)cccc1N1CCCNC2(CCCC2)C1. The van der Waals surface area contributed by atoms with Gasteiger partial charge < -0.3 is 10.2 Å². The Morgan fingerprint density at radius 1 is 1.21 bits per heavy atom. The van der Waals surface area contributed by atoms with Gasteiger partial charge in [-0.25, -0.2) is 4.39 Å². The molecule has 1 aromatic rings. The fourth-order valence-electron chi connectivity index (χ4n) is 3.65. The predicted molar refractivity (Wildman–Crippen MR) is 77.2 cm³/mol. The summed E-state index contributed by atoms with van der Waals surface area (Å²) in [4.78, 5) is 2.39. The molecule has 1 aromatic carbocycles. The Labute approximate surface area is 115 Å². The minimum Gasteiger partial charge on any atom is -0.369 e. The van der Waals surface area contributed by atoms with Crippen LogP contribution in [0.1, 0.15) is 37.7 Å². The molecule has 3 rings (SSSR count). The van der Waals surface area contributed by atoms with Crippen molar-refractivity contribution in [1.82, 2.24) is 5.32 Å². The molecular weight excluding hydrogens is 239 g/mol. The highest BCUT2D eigenvalue weighted by molar-refractivity contribution is 5.54. The van der Waals surface area contributed by atoms with E-state index in [-0.39, 0.29) is 11.4 Å². The summed E-state index contributed by atoms with van der Waals surface area (Å²) in [5, 5.41) is 3.76. The minimum atomic E-state index is -0.0878. The van der Waals surface area contributed by atoms with E-state index < -0.39 is 0 Å². The van der Waals surface area contributed by atoms with Crippen LogP contribution in [-0.2, 0) is 0 Å². The zero-order valence-electron chi connectivity index (χ0n) is 11.7. The van der Waals surface area contributed by atoms with Gasteiger partial charge in [0.25, 0.3) is 0 Å². The summed E-state index contributed by atoms with van der Waals surface area (Å²) >= 11 is 0. The summed E-state index contributed by atoms with van der Waals surface area (Å²) in [5.74, 6) is -0.0878. The van der Waals surface area contributed by atoms with Crippen molar-refractivity contribution in [1.29, 1.82) is 0 Å². The Balaban J connectivity index is 1.88. The molecule has 1 N–H and O–H groups in total. The molecule has 1 aliphatic heterocycles. The number of nitrogens with zero attached hydrogens (tertiary/aromatic N) is 1. The monoisotopic (exact) mass is 262 g/mol. The molecule has 2 aliphatic rings. The number of hydrogen-bond acceptors (Lipinski definition) is 2. The van der Waals surface area contributed by atoms with Crippen LogP contribution >= 0.6 is 0 Å². The zero-order valence-corrected chi connectivity index (χ0v) is 11.7. The third kappa shape index (κ3) is 2.48. The molecule has 1 saturated heterocycles. The Morgan fingerprint density at radius 3 is 2.79 bits per heavy atom. The van der Waals surface area contributed by atoms with Crippen molar-refractivity contribution in [3.63, 3.8) is 0 Å². The van der Waals surface area contributed by atoms with Crippen LogP contribution in [0.5, 0.6) is 0 Å². The third-order valence-electron chi connectivity index (χ3n) is 4.74. The van der Waals surface area contributed by atoms with E-state index in [2.05, 4.69) is 16.3 Å². The average Bonchev–Trinajstić information content (AvgIpc) is 2.74. The van der Waals surface area contributed by atoms with Crippen molar-refractivity contribution >= 4 is 5.69 Å². The molecule has 0 amide bonds. The summed E-state index contributed by atoms with van der Waals surface area (Å²) in [5.41, 5.74) is 2.14. The molecule has 1 saturated carbocycles. The Bertz CT molecular complexity index is 452. The smallest absolute Gasteiger partial charge is 0.128 e. The number of halogens is 1. The van der Waals surface area contributed by atoms with Crippen LogP contribution in [0.3, 0.4) is 0 Å². The number of hydrogen-bond donors (Lipinski definition) is 1. The van der Waals surface area contributed by atoms with Crippen molar-refractivity contribution in [2.24, 2.45) is 0 Å². The summed E-state index contributed by atoms with van der Waals surface area (Å²) in [6.45, 7) is 5.03. The quantitative estimate of drug-likeness (QED) is 0.836. The van der Waals surface area contributed by atoms with Crippen LogP contribution in [0.15, 0.2) is 18.2 Å². The summed E-state index contributed by atoms with van der Waals surface area (Å²) in [7, 11) is 0. The van der Waals surface area contributed by atoms with Crippen molar-refractivity contribution in [2.75, 3.05) is 24.5 Å². The maximum Gasteiger partial charge on any atom is 0.128 e. The molecule has 0 unspecified atom stereocenters. The van der Waals surface area contributed by atoms with Gasteiger partial charge in [0.15, 0.2) is 0 Å². The molecule has 2 fully saturated rings. The molecule has 1 spiro atoms. The molecule has 19 heavy (non-hydrogen) atoms. The van der Waals surface area contributed by atoms with Crippen LogP contribution in [0.25, 0.3) is 0 Å². The first-order chi connectivity index (χ1) is 9.20. The van der Waals surface area contributed by atoms with E-state index in [1.54, 1.807) is 6.07 Å². The van der Waals surface area contributed by atoms with E-state index in [0.29, 0.717) is 0 Å². The zero-order chi connectivity index (χ0) is 13.3. The molecule has 104 valence electrons. The van der Waals surface area contributed by atoms with Gasteiger partial charge >= 0.3 is 0 Å². The van der Waals surface area contributed by atoms with E-state index in [1.165, 1.54) is 25.7 Å². The van der Waals surface area contributed by atoms with Gasteiger partial charge in [0.2, 0.25) is 0 Å². The van der Waals surface area contributed by atoms with Crippen molar-refractivity contribution in [3.8, 4) is 0 Å². The lowest BCUT2D eigenvalue weighted by Gasteiger charge is -2.35. The molecule has 1 heterocycles. The molecule has 0 aromatic heterocycles. The van der Waals surface area contributed by atoms with Crippen LogP contribution in [0.4, 0.5) is 10.1 Å². The van der Waals surface area contributed by atoms with Gasteiger partial charge in [-0.3, -0.25) is 0 Å². The summed E-state index contributed by atoms with van der Waals surface area (Å²) < 4.78 is 13.8. The largest absolute Gasteiger partial charge is 0.369 e. The fraction of sp³-hybridized carbons (Fsp3) is 0.625. The van der Waals surface area contributed by atoms with E-state index in [0.717, 1.165) is 37.3 Å². The molecule has 3 heteroatoms. The van der Waals surface area contributed by atoms with Gasteiger partial charge in [0, 0.05) is 29.9 Å². The van der Waals surface area contributed by atoms with Gasteiger partial charge in [-0.05, 0) is 44.9 Å². The molecule has 0 atom stereocenters. The second kappa shape index (κ2) is 5.12. The molecule has 0 radical (unpaired) electrons. The number of anilines is 1. The summed E-state index contributed by atoms with van der Waals surface area (Å²) in [6, 6.07) is 5.45. The van der Waals surface area contributed by atoms with Crippen LogP contribution in [-0.4, -0.2) is 25.2 Å². The second-order valence-electron chi connectivity index (χ2n) is 6.07. The molecule has 2 nitrogen and oxygen atoms in total. The minimum absolute atomic E-state index is 0.0878. The number of rotatable bonds is 1. The topological polar surface area (TPSA) is 15.3 Å². The highest BCUT2D eigenvalue weighted by Crippen LogP contribution is 2.34. The van der Waals surface area contributed by atoms with Crippen LogP contribution in [0.2, 0.25) is 0 Å². The first-order valence-electron chi connectivity index (χ1n) is 7.45. The number of benzene rings is 1. The first kappa shape index (κ1) is 12.9. The maximum absolute atomic E-state index is 13.8. The van der Waals surface area contributed by atoms with Gasteiger partial charge in [-0.2, -0.15) is 0 Å². The van der Waals surface area contributed by atoms with E-state index in [9.17, 15) is 4.39 Å². The van der Waals surface area contributed by atoms with Crippen LogP contribution in [0, 0.1) is 12.7 Å². The fourth-order valence-corrected chi connectivity index (χ4v) is 3.65. The van der Waals surface area contributed by atoms with Gasteiger partial charge in [-0.1, -0.05) is 18.9 Å². The lowest BCUT2D eigenvalue weighted by atomic mass is 9.96. The first-order valence-corrected chi connectivity index (χ1v) is 7.45. The highest BCUT2D eigenvalue weighted by atomic mass is 19.1. The van der Waals surface area contributed by atoms with Crippen molar-refractivity contribution < 1.29 is 4.39 Å². The average molecular weight is 262 g/mol. The Morgan fingerprint density at radius 2 is 2.00 bits per heavy atom. The lowest BCUT2D eigenvalue weighted by molar-refractivity contribution is 0.354. The van der Waals surface area contributed by atoms with Gasteiger partial charge in [0.1, 0.15) is 5.82 Å². The summed E-state index contributed by atoms with van der Waals surface area (Å²) in [6.07, 6.45) is 6.30. The van der Waals surface area contributed by atoms with Crippen LogP contribution < -0.4 is 10.2 Å². The molecule has 0 bridgehead atoms. The van der Waals surface area contributed by atoms with Crippen molar-refractivity contribution in [2.45, 2.75) is 44.6 Å². The highest BCUT2D eigenvalue weighted by Gasteiger charge is 2.36. The number of nitrogens with one attached hydrogen (secondary N) is 1. The second-order valence-corrected chi connectivity index (χ2v) is 6.07. The van der Waals surface area contributed by atoms with Gasteiger partial charge in [0.05, 0.1) is 0 Å². The lowest BCUT2D eigenvalue weighted by Crippen LogP contribution is -2.49. The van der Waals surface area contributed by atoms with Gasteiger partial charge in [-0.15, -0.1) is 0 Å². The predicted octanol–water partition coefficient (Wildman–Crippen LogP) is 3.25. The Kier molecular flexibility index (Phi) is 3.48. The normalized spacial score (nSPS) is 22.7. The van der Waals surface area contributed by atoms with E-state index in [4.69, 9.17) is 0 Å². The molecule has 1 aliphatic carbocycles. The van der Waals surface area contributed by atoms with E-state index in [1.807, 2.05) is 13.0 Å². The van der Waals surface area contributed by atoms with Crippen molar-refractivity contribution in [3.05, 3.63) is 29.6 Å². The standard InChI is InChI=1S/C16H23FN2/c1-13-14(17)6-4-7-15(13)19-11-5-10-18-16(12-19)8-2-3-9-16/h4,6-7,18H,2-3,5,8-12H2,1H3. The Hall–Kier alpha value is -1.09.